The highest BCUT2D eigenvalue weighted by atomic mass is 16.1. The number of aromatic nitrogens is 1. The number of fused-ring (bicyclic) bond motifs is 1. The van der Waals surface area contributed by atoms with Gasteiger partial charge in [0.1, 0.15) is 5.82 Å². The molecule has 2 aliphatic heterocycles. The fraction of sp³-hybridized carbons (Fsp3) is 0.600. The lowest BCUT2D eigenvalue weighted by molar-refractivity contribution is -0.124. The summed E-state index contributed by atoms with van der Waals surface area (Å²) in [5.41, 5.74) is 7.96. The van der Waals surface area contributed by atoms with Gasteiger partial charge in [-0.05, 0) is 31.7 Å². The normalized spacial score (nSPS) is 26.1. The lowest BCUT2D eigenvalue weighted by atomic mass is 9.85. The van der Waals surface area contributed by atoms with Crippen molar-refractivity contribution in [2.75, 3.05) is 18.0 Å². The van der Waals surface area contributed by atoms with Crippen molar-refractivity contribution in [1.29, 1.82) is 0 Å². The number of rotatable bonds is 2. The second-order valence-electron chi connectivity index (χ2n) is 5.85. The van der Waals surface area contributed by atoms with E-state index < -0.39 is 0 Å². The van der Waals surface area contributed by atoms with Crippen LogP contribution in [0.2, 0.25) is 0 Å². The van der Waals surface area contributed by atoms with Gasteiger partial charge >= 0.3 is 0 Å². The lowest BCUT2D eigenvalue weighted by Crippen LogP contribution is -2.54. The molecule has 3 heterocycles. The van der Waals surface area contributed by atoms with Gasteiger partial charge in [-0.15, -0.1) is 0 Å². The summed E-state index contributed by atoms with van der Waals surface area (Å²) in [7, 11) is 0. The van der Waals surface area contributed by atoms with Gasteiger partial charge < -0.3 is 16.0 Å². The fourth-order valence-electron chi connectivity index (χ4n) is 3.31. The smallest absolute Gasteiger partial charge is 0.220 e. The Balaban J connectivity index is 1.79. The van der Waals surface area contributed by atoms with Crippen LogP contribution in [0, 0.1) is 12.8 Å². The monoisotopic (exact) mass is 274 g/mol. The zero-order valence-corrected chi connectivity index (χ0v) is 11.9. The molecule has 5 heteroatoms. The third-order valence-corrected chi connectivity index (χ3v) is 4.44. The summed E-state index contributed by atoms with van der Waals surface area (Å²) < 4.78 is 0. The van der Waals surface area contributed by atoms with Gasteiger partial charge in [-0.2, -0.15) is 0 Å². The highest BCUT2D eigenvalue weighted by molar-refractivity contribution is 5.77. The van der Waals surface area contributed by atoms with Crippen LogP contribution in [-0.4, -0.2) is 30.0 Å². The number of nitrogens with two attached hydrogens (primary N) is 1. The van der Waals surface area contributed by atoms with E-state index in [0.29, 0.717) is 24.9 Å². The summed E-state index contributed by atoms with van der Waals surface area (Å²) in [6, 6.07) is 4.43. The zero-order valence-electron chi connectivity index (χ0n) is 11.9. The average molecular weight is 274 g/mol. The molecule has 0 spiro atoms. The van der Waals surface area contributed by atoms with Gasteiger partial charge in [0, 0.05) is 43.4 Å². The number of pyridine rings is 1. The van der Waals surface area contributed by atoms with Crippen LogP contribution in [0.1, 0.15) is 30.5 Å². The molecular weight excluding hydrogens is 252 g/mol. The second kappa shape index (κ2) is 5.40. The van der Waals surface area contributed by atoms with Gasteiger partial charge in [0.05, 0.1) is 0 Å². The molecule has 0 aromatic carbocycles. The minimum Gasteiger partial charge on any atom is -0.356 e. The molecule has 2 saturated heterocycles. The summed E-state index contributed by atoms with van der Waals surface area (Å²) in [5, 5.41) is 3.12. The van der Waals surface area contributed by atoms with Crippen molar-refractivity contribution in [3.63, 3.8) is 0 Å². The lowest BCUT2D eigenvalue weighted by Gasteiger charge is -2.42. The van der Waals surface area contributed by atoms with E-state index >= 15 is 0 Å². The minimum atomic E-state index is 0.205. The SMILES string of the molecule is Cc1ccc(CN)c(N2CCC3NC(=O)CCC3C2)n1. The number of hydrogen-bond acceptors (Lipinski definition) is 4. The van der Waals surface area contributed by atoms with E-state index in [4.69, 9.17) is 5.73 Å². The summed E-state index contributed by atoms with van der Waals surface area (Å²) in [5.74, 6) is 1.77. The molecule has 2 unspecified atom stereocenters. The van der Waals surface area contributed by atoms with E-state index in [1.54, 1.807) is 0 Å². The number of piperidine rings is 2. The van der Waals surface area contributed by atoms with E-state index in [0.717, 1.165) is 43.0 Å². The van der Waals surface area contributed by atoms with E-state index in [1.165, 1.54) is 0 Å². The molecule has 3 N–H and O–H groups in total. The Bertz CT molecular complexity index is 517. The highest BCUT2D eigenvalue weighted by Gasteiger charge is 2.34. The predicted octanol–water partition coefficient (Wildman–Crippen LogP) is 0.954. The summed E-state index contributed by atoms with van der Waals surface area (Å²) in [6.07, 6.45) is 2.63. The number of hydrogen-bond donors (Lipinski definition) is 2. The van der Waals surface area contributed by atoms with Crippen LogP contribution < -0.4 is 16.0 Å². The Hall–Kier alpha value is -1.62. The Labute approximate surface area is 119 Å². The molecule has 2 atom stereocenters. The molecule has 0 aliphatic carbocycles. The van der Waals surface area contributed by atoms with E-state index in [2.05, 4.69) is 21.3 Å². The molecule has 0 bridgehead atoms. The molecule has 5 nitrogen and oxygen atoms in total. The van der Waals surface area contributed by atoms with Gasteiger partial charge in [0.25, 0.3) is 0 Å². The first-order chi connectivity index (χ1) is 9.67. The predicted molar refractivity (Wildman–Crippen MR) is 78.4 cm³/mol. The Morgan fingerprint density at radius 2 is 2.30 bits per heavy atom. The first-order valence-electron chi connectivity index (χ1n) is 7.38. The molecule has 20 heavy (non-hydrogen) atoms. The third-order valence-electron chi connectivity index (χ3n) is 4.44. The van der Waals surface area contributed by atoms with Crippen molar-refractivity contribution in [1.82, 2.24) is 10.3 Å². The molecule has 2 aliphatic rings. The number of carbonyl (C=O) groups is 1. The largest absolute Gasteiger partial charge is 0.356 e. The quantitative estimate of drug-likeness (QED) is 0.842. The maximum absolute atomic E-state index is 11.5. The number of nitrogens with zero attached hydrogens (tertiary/aromatic N) is 2. The van der Waals surface area contributed by atoms with Crippen LogP contribution in [0.4, 0.5) is 5.82 Å². The van der Waals surface area contributed by atoms with Crippen LogP contribution in [0.5, 0.6) is 0 Å². The average Bonchev–Trinajstić information content (AvgIpc) is 2.46. The molecular formula is C15H22N4O. The maximum atomic E-state index is 11.5. The number of aryl methyl sites for hydroxylation is 1. The molecule has 0 radical (unpaired) electrons. The van der Waals surface area contributed by atoms with Crippen LogP contribution >= 0.6 is 0 Å². The van der Waals surface area contributed by atoms with Gasteiger partial charge in [-0.1, -0.05) is 6.07 Å². The Morgan fingerprint density at radius 3 is 3.10 bits per heavy atom. The topological polar surface area (TPSA) is 71.2 Å². The summed E-state index contributed by atoms with van der Waals surface area (Å²) in [4.78, 5) is 18.5. The number of amides is 1. The fourth-order valence-corrected chi connectivity index (χ4v) is 3.31. The van der Waals surface area contributed by atoms with Crippen LogP contribution in [0.25, 0.3) is 0 Å². The van der Waals surface area contributed by atoms with Crippen LogP contribution in [0.3, 0.4) is 0 Å². The van der Waals surface area contributed by atoms with E-state index in [9.17, 15) is 4.79 Å². The molecule has 0 saturated carbocycles. The van der Waals surface area contributed by atoms with Crippen molar-refractivity contribution in [3.05, 3.63) is 23.4 Å². The number of carbonyl (C=O) groups excluding carboxylic acids is 1. The molecule has 108 valence electrons. The van der Waals surface area contributed by atoms with E-state index in [-0.39, 0.29) is 5.91 Å². The molecule has 1 aromatic heterocycles. The second-order valence-corrected chi connectivity index (χ2v) is 5.85. The van der Waals surface area contributed by atoms with Gasteiger partial charge in [0.15, 0.2) is 0 Å². The van der Waals surface area contributed by atoms with Gasteiger partial charge in [0.2, 0.25) is 5.91 Å². The molecule has 3 rings (SSSR count). The van der Waals surface area contributed by atoms with Crippen molar-refractivity contribution in [2.45, 2.75) is 38.8 Å². The Morgan fingerprint density at radius 1 is 1.45 bits per heavy atom. The standard InChI is InChI=1S/C15H22N4O/c1-10-2-3-11(8-16)15(17-10)19-7-6-13-12(9-19)4-5-14(20)18-13/h2-3,12-13H,4-9,16H2,1H3,(H,18,20). The Kier molecular flexibility index (Phi) is 3.61. The first-order valence-corrected chi connectivity index (χ1v) is 7.38. The van der Waals surface area contributed by atoms with E-state index in [1.807, 2.05) is 13.0 Å². The van der Waals surface area contributed by atoms with Crippen molar-refractivity contribution in [3.8, 4) is 0 Å². The molecule has 1 aromatic rings. The highest BCUT2D eigenvalue weighted by Crippen LogP contribution is 2.29. The molecule has 1 amide bonds. The molecule has 2 fully saturated rings. The van der Waals surface area contributed by atoms with Crippen molar-refractivity contribution >= 4 is 11.7 Å². The van der Waals surface area contributed by atoms with Gasteiger partial charge in [-0.3, -0.25) is 4.79 Å². The maximum Gasteiger partial charge on any atom is 0.220 e. The number of nitrogens with one attached hydrogen (secondary N) is 1. The van der Waals surface area contributed by atoms with Crippen LogP contribution in [0.15, 0.2) is 12.1 Å². The minimum absolute atomic E-state index is 0.205. The number of anilines is 1. The van der Waals surface area contributed by atoms with Gasteiger partial charge in [-0.25, -0.2) is 4.98 Å². The first kappa shape index (κ1) is 13.4. The summed E-state index contributed by atoms with van der Waals surface area (Å²) in [6.45, 7) is 4.43. The zero-order chi connectivity index (χ0) is 14.1. The van der Waals surface area contributed by atoms with Crippen molar-refractivity contribution < 1.29 is 4.79 Å². The van der Waals surface area contributed by atoms with Crippen molar-refractivity contribution in [2.24, 2.45) is 11.7 Å². The summed E-state index contributed by atoms with van der Waals surface area (Å²) >= 11 is 0. The van der Waals surface area contributed by atoms with Crippen LogP contribution in [-0.2, 0) is 11.3 Å². The third kappa shape index (κ3) is 2.50.